The van der Waals surface area contributed by atoms with Gasteiger partial charge in [0.15, 0.2) is 0 Å². The number of aromatic nitrogens is 3. The van der Waals surface area contributed by atoms with Gasteiger partial charge in [0.2, 0.25) is 5.91 Å². The van der Waals surface area contributed by atoms with Crippen LogP contribution in [0.15, 0.2) is 30.2 Å². The molecular weight excluding hydrogens is 322 g/mol. The fourth-order valence-corrected chi connectivity index (χ4v) is 4.92. The zero-order chi connectivity index (χ0) is 16.5. The van der Waals surface area contributed by atoms with E-state index in [0.717, 1.165) is 37.4 Å². The standard InChI is InChI=1S/C17H23N5OS/c1-20-14(10-22-12-18-11-19-22)7-13-9-21(5-4-16(13)20)17(23)8-15-3-2-6-24-15/h2-3,6,11-14,16H,4-5,7-10H2,1H3/t13-,14+,16+/m1/s1. The molecule has 24 heavy (non-hydrogen) atoms. The smallest absolute Gasteiger partial charge is 0.227 e. The number of thiophene rings is 1. The summed E-state index contributed by atoms with van der Waals surface area (Å²) < 4.78 is 1.91. The van der Waals surface area contributed by atoms with E-state index in [-0.39, 0.29) is 5.91 Å². The van der Waals surface area contributed by atoms with Crippen LogP contribution in [-0.4, -0.2) is 62.7 Å². The number of hydrogen-bond donors (Lipinski definition) is 0. The number of rotatable bonds is 4. The number of carbonyl (C=O) groups is 1. The molecule has 2 aliphatic rings. The van der Waals surface area contributed by atoms with E-state index in [1.165, 1.54) is 0 Å². The van der Waals surface area contributed by atoms with Gasteiger partial charge >= 0.3 is 0 Å². The number of likely N-dealkylation sites (tertiary alicyclic amines) is 2. The summed E-state index contributed by atoms with van der Waals surface area (Å²) in [5.74, 6) is 0.850. The van der Waals surface area contributed by atoms with E-state index in [1.54, 1.807) is 24.0 Å². The highest BCUT2D eigenvalue weighted by atomic mass is 32.1. The van der Waals surface area contributed by atoms with Crippen molar-refractivity contribution in [2.75, 3.05) is 20.1 Å². The maximum absolute atomic E-state index is 12.6. The summed E-state index contributed by atoms with van der Waals surface area (Å²) in [7, 11) is 2.22. The minimum absolute atomic E-state index is 0.276. The van der Waals surface area contributed by atoms with Gasteiger partial charge in [0, 0.05) is 30.1 Å². The number of piperidine rings is 1. The lowest BCUT2D eigenvalue weighted by Crippen LogP contribution is -2.48. The molecule has 3 atom stereocenters. The molecule has 0 spiro atoms. The monoisotopic (exact) mass is 345 g/mol. The Bertz CT molecular complexity index is 671. The number of amides is 1. The molecule has 6 nitrogen and oxygen atoms in total. The van der Waals surface area contributed by atoms with Gasteiger partial charge in [0.25, 0.3) is 0 Å². The Morgan fingerprint density at radius 1 is 1.46 bits per heavy atom. The number of carbonyl (C=O) groups excluding carboxylic acids is 1. The molecule has 0 saturated carbocycles. The first-order valence-corrected chi connectivity index (χ1v) is 9.43. The van der Waals surface area contributed by atoms with E-state index in [0.29, 0.717) is 24.4 Å². The molecule has 0 unspecified atom stereocenters. The van der Waals surface area contributed by atoms with Gasteiger partial charge in [0.1, 0.15) is 12.7 Å². The van der Waals surface area contributed by atoms with Gasteiger partial charge in [-0.15, -0.1) is 11.3 Å². The first-order valence-electron chi connectivity index (χ1n) is 8.55. The highest BCUT2D eigenvalue weighted by molar-refractivity contribution is 7.10. The first-order chi connectivity index (χ1) is 11.7. The zero-order valence-corrected chi connectivity index (χ0v) is 14.7. The first kappa shape index (κ1) is 15.8. The lowest BCUT2D eigenvalue weighted by molar-refractivity contribution is -0.132. The minimum Gasteiger partial charge on any atom is -0.342 e. The molecule has 0 bridgehead atoms. The van der Waals surface area contributed by atoms with Gasteiger partial charge in [0.05, 0.1) is 13.0 Å². The predicted molar refractivity (Wildman–Crippen MR) is 92.7 cm³/mol. The van der Waals surface area contributed by atoms with E-state index < -0.39 is 0 Å². The summed E-state index contributed by atoms with van der Waals surface area (Å²) in [4.78, 5) is 22.3. The molecule has 2 aliphatic heterocycles. The van der Waals surface area contributed by atoms with Gasteiger partial charge in [-0.3, -0.25) is 14.4 Å². The van der Waals surface area contributed by atoms with Crippen molar-refractivity contribution < 1.29 is 4.79 Å². The molecule has 4 heterocycles. The van der Waals surface area contributed by atoms with Gasteiger partial charge in [-0.1, -0.05) is 6.07 Å². The van der Waals surface area contributed by atoms with Crippen LogP contribution in [0.3, 0.4) is 0 Å². The predicted octanol–water partition coefficient (Wildman–Crippen LogP) is 1.50. The second-order valence-corrected chi connectivity index (χ2v) is 7.92. The second-order valence-electron chi connectivity index (χ2n) is 6.88. The fourth-order valence-electron chi connectivity index (χ4n) is 4.22. The normalized spacial score (nSPS) is 27.4. The van der Waals surface area contributed by atoms with Crippen LogP contribution in [0.1, 0.15) is 17.7 Å². The third-order valence-corrected chi connectivity index (χ3v) is 6.37. The van der Waals surface area contributed by atoms with E-state index >= 15 is 0 Å². The Labute approximate surface area is 146 Å². The molecule has 0 aliphatic carbocycles. The molecule has 7 heteroatoms. The van der Waals surface area contributed by atoms with Crippen LogP contribution < -0.4 is 0 Å². The summed E-state index contributed by atoms with van der Waals surface area (Å²) in [6.07, 6.45) is 6.13. The number of likely N-dealkylation sites (N-methyl/N-ethyl adjacent to an activating group) is 1. The van der Waals surface area contributed by atoms with Crippen molar-refractivity contribution in [3.8, 4) is 0 Å². The van der Waals surface area contributed by atoms with Crippen LogP contribution in [-0.2, 0) is 17.8 Å². The minimum atomic E-state index is 0.276. The largest absolute Gasteiger partial charge is 0.342 e. The van der Waals surface area contributed by atoms with Crippen molar-refractivity contribution in [2.24, 2.45) is 5.92 Å². The van der Waals surface area contributed by atoms with E-state index in [2.05, 4.69) is 26.9 Å². The molecule has 0 radical (unpaired) electrons. The summed E-state index contributed by atoms with van der Waals surface area (Å²) in [6, 6.07) is 5.13. The van der Waals surface area contributed by atoms with E-state index in [4.69, 9.17) is 0 Å². The van der Waals surface area contributed by atoms with Crippen LogP contribution in [0.2, 0.25) is 0 Å². The lowest BCUT2D eigenvalue weighted by Gasteiger charge is -2.37. The molecule has 2 fully saturated rings. The van der Waals surface area contributed by atoms with Gasteiger partial charge in [-0.05, 0) is 37.3 Å². The van der Waals surface area contributed by atoms with Crippen LogP contribution in [0.25, 0.3) is 0 Å². The lowest BCUT2D eigenvalue weighted by atomic mass is 9.92. The Balaban J connectivity index is 1.37. The molecule has 1 amide bonds. The molecule has 2 saturated heterocycles. The zero-order valence-electron chi connectivity index (χ0n) is 13.9. The van der Waals surface area contributed by atoms with Gasteiger partial charge in [-0.25, -0.2) is 4.98 Å². The van der Waals surface area contributed by atoms with Crippen LogP contribution in [0.5, 0.6) is 0 Å². The second kappa shape index (κ2) is 6.64. The Hall–Kier alpha value is -1.73. The van der Waals surface area contributed by atoms with Gasteiger partial charge < -0.3 is 4.90 Å². The van der Waals surface area contributed by atoms with Crippen LogP contribution in [0.4, 0.5) is 0 Å². The Morgan fingerprint density at radius 3 is 3.12 bits per heavy atom. The van der Waals surface area contributed by atoms with Crippen LogP contribution in [0, 0.1) is 5.92 Å². The van der Waals surface area contributed by atoms with Crippen molar-refractivity contribution in [1.82, 2.24) is 24.6 Å². The van der Waals surface area contributed by atoms with Crippen molar-refractivity contribution in [3.63, 3.8) is 0 Å². The van der Waals surface area contributed by atoms with E-state index in [9.17, 15) is 4.79 Å². The highest BCUT2D eigenvalue weighted by Gasteiger charge is 2.42. The molecular formula is C17H23N5OS. The average Bonchev–Trinajstić information content (AvgIpc) is 3.31. The molecule has 4 rings (SSSR count). The summed E-state index contributed by atoms with van der Waals surface area (Å²) in [6.45, 7) is 2.66. The highest BCUT2D eigenvalue weighted by Crippen LogP contribution is 2.35. The SMILES string of the molecule is CN1[C@H](Cn2cncn2)C[C@@H]2CN(C(=O)Cc3cccs3)CC[C@@H]21. The fraction of sp³-hybridized carbons (Fsp3) is 0.588. The quantitative estimate of drug-likeness (QED) is 0.843. The maximum Gasteiger partial charge on any atom is 0.227 e. The summed E-state index contributed by atoms with van der Waals surface area (Å²) >= 11 is 1.67. The maximum atomic E-state index is 12.6. The third-order valence-electron chi connectivity index (χ3n) is 5.49. The van der Waals surface area contributed by atoms with E-state index in [1.807, 2.05) is 22.2 Å². The van der Waals surface area contributed by atoms with Crippen LogP contribution >= 0.6 is 11.3 Å². The number of fused-ring (bicyclic) bond motifs is 1. The molecule has 2 aromatic rings. The topological polar surface area (TPSA) is 54.3 Å². The number of nitrogens with zero attached hydrogens (tertiary/aromatic N) is 5. The third kappa shape index (κ3) is 3.10. The Kier molecular flexibility index (Phi) is 4.37. The molecule has 2 aromatic heterocycles. The number of hydrogen-bond acceptors (Lipinski definition) is 5. The van der Waals surface area contributed by atoms with Crippen molar-refractivity contribution in [3.05, 3.63) is 35.0 Å². The van der Waals surface area contributed by atoms with Crippen molar-refractivity contribution >= 4 is 17.2 Å². The molecule has 0 N–H and O–H groups in total. The summed E-state index contributed by atoms with van der Waals surface area (Å²) in [5, 5.41) is 6.27. The Morgan fingerprint density at radius 2 is 2.38 bits per heavy atom. The average molecular weight is 345 g/mol. The molecule has 0 aromatic carbocycles. The van der Waals surface area contributed by atoms with Crippen molar-refractivity contribution in [1.29, 1.82) is 0 Å². The molecule has 128 valence electrons. The van der Waals surface area contributed by atoms with Gasteiger partial charge in [-0.2, -0.15) is 5.10 Å². The van der Waals surface area contributed by atoms with Crippen molar-refractivity contribution in [2.45, 2.75) is 37.9 Å². The summed E-state index contributed by atoms with van der Waals surface area (Å²) in [5.41, 5.74) is 0.